The molecule has 2 heterocycles. The average molecular weight is 605 g/mol. The number of carbonyl (C=O) groups excluding carboxylic acids is 1. The molecule has 6 rings (SSSR count). The molecule has 1 amide bonds. The molecular formula is C33H28N6O4S. The maximum atomic E-state index is 13.5. The number of hydrogen-bond donors (Lipinski definition) is 1. The highest BCUT2D eigenvalue weighted by atomic mass is 32.1. The Morgan fingerprint density at radius 1 is 1.07 bits per heavy atom. The number of aromatic nitrogens is 5. The molecule has 1 saturated carbocycles. The van der Waals surface area contributed by atoms with Gasteiger partial charge in [-0.25, -0.2) is 4.98 Å². The monoisotopic (exact) mass is 604 g/mol. The summed E-state index contributed by atoms with van der Waals surface area (Å²) < 4.78 is 5.19. The van der Waals surface area contributed by atoms with E-state index in [4.69, 9.17) is 4.74 Å². The Labute approximate surface area is 258 Å². The first-order chi connectivity index (χ1) is 21.4. The van der Waals surface area contributed by atoms with E-state index in [2.05, 4.69) is 37.6 Å². The second kappa shape index (κ2) is 12.9. The van der Waals surface area contributed by atoms with Crippen LogP contribution in [0.1, 0.15) is 57.4 Å². The highest BCUT2D eigenvalue weighted by molar-refractivity contribution is 7.10. The number of rotatable bonds is 9. The van der Waals surface area contributed by atoms with Crippen molar-refractivity contribution in [3.8, 4) is 29.0 Å². The van der Waals surface area contributed by atoms with Crippen LogP contribution in [0.15, 0.2) is 78.2 Å². The first-order valence-electron chi connectivity index (χ1n) is 14.1. The number of tetrazole rings is 1. The molecule has 220 valence electrons. The van der Waals surface area contributed by atoms with Crippen molar-refractivity contribution in [3.05, 3.63) is 106 Å². The summed E-state index contributed by atoms with van der Waals surface area (Å²) in [6.45, 7) is -0.0670. The third-order valence-electron chi connectivity index (χ3n) is 7.38. The molecule has 1 N–H and O–H groups in total. The van der Waals surface area contributed by atoms with E-state index in [9.17, 15) is 14.7 Å². The first-order valence-corrected chi connectivity index (χ1v) is 15.0. The molecule has 0 spiro atoms. The molecule has 1 aliphatic rings. The molecule has 0 bridgehead atoms. The Kier molecular flexibility index (Phi) is 8.43. The van der Waals surface area contributed by atoms with E-state index in [1.807, 2.05) is 30.3 Å². The molecule has 0 radical (unpaired) electrons. The van der Waals surface area contributed by atoms with Crippen LogP contribution in [0.5, 0.6) is 5.75 Å². The number of anilines is 1. The predicted molar refractivity (Wildman–Crippen MR) is 166 cm³/mol. The quantitative estimate of drug-likeness (QED) is 0.226. The number of carboxylic acids is 1. The van der Waals surface area contributed by atoms with Crippen LogP contribution in [0.2, 0.25) is 0 Å². The van der Waals surface area contributed by atoms with E-state index >= 15 is 0 Å². The van der Waals surface area contributed by atoms with Crippen LogP contribution >= 0.6 is 11.3 Å². The normalized spacial score (nSPS) is 12.6. The van der Waals surface area contributed by atoms with Gasteiger partial charge in [-0.15, -0.1) is 21.5 Å². The zero-order valence-corrected chi connectivity index (χ0v) is 24.7. The van der Waals surface area contributed by atoms with Crippen molar-refractivity contribution in [3.63, 3.8) is 0 Å². The second-order valence-electron chi connectivity index (χ2n) is 10.4. The van der Waals surface area contributed by atoms with Gasteiger partial charge in [-0.1, -0.05) is 42.7 Å². The minimum Gasteiger partial charge on any atom is -0.497 e. The molecule has 0 unspecified atom stereocenters. The number of aliphatic carboxylic acids is 1. The van der Waals surface area contributed by atoms with Gasteiger partial charge >= 0.3 is 5.97 Å². The molecule has 0 aliphatic heterocycles. The summed E-state index contributed by atoms with van der Waals surface area (Å²) in [6.07, 6.45) is 3.61. The van der Waals surface area contributed by atoms with Gasteiger partial charge in [0.15, 0.2) is 5.01 Å². The molecule has 2 aromatic heterocycles. The van der Waals surface area contributed by atoms with E-state index in [1.165, 1.54) is 40.3 Å². The van der Waals surface area contributed by atoms with Crippen molar-refractivity contribution < 1.29 is 19.4 Å². The fraction of sp³-hybridized carbons (Fsp3) is 0.212. The number of carbonyl (C=O) groups is 2. The van der Waals surface area contributed by atoms with Crippen LogP contribution in [0.4, 0.5) is 5.69 Å². The lowest BCUT2D eigenvalue weighted by Gasteiger charge is -2.22. The molecule has 0 saturated heterocycles. The van der Waals surface area contributed by atoms with E-state index in [1.54, 1.807) is 49.6 Å². The molecule has 5 aromatic rings. The van der Waals surface area contributed by atoms with Crippen molar-refractivity contribution >= 4 is 28.9 Å². The highest BCUT2D eigenvalue weighted by Gasteiger charge is 2.22. The fourth-order valence-corrected chi connectivity index (χ4v) is 5.51. The van der Waals surface area contributed by atoms with Crippen LogP contribution in [-0.4, -0.2) is 55.8 Å². The molecule has 44 heavy (non-hydrogen) atoms. The molecule has 3 aromatic carbocycles. The minimum absolute atomic E-state index is 0.323. The number of hydrogen-bond acceptors (Lipinski definition) is 8. The fourth-order valence-electron chi connectivity index (χ4n) is 4.77. The van der Waals surface area contributed by atoms with Crippen LogP contribution in [-0.2, 0) is 11.3 Å². The number of benzene rings is 3. The van der Waals surface area contributed by atoms with E-state index < -0.39 is 18.4 Å². The largest absolute Gasteiger partial charge is 0.497 e. The summed E-state index contributed by atoms with van der Waals surface area (Å²) in [5.74, 6) is 6.36. The third kappa shape index (κ3) is 6.66. The summed E-state index contributed by atoms with van der Waals surface area (Å²) in [5, 5.41) is 25.2. The molecular weight excluding hydrogens is 576 g/mol. The Hall–Kier alpha value is -5.34. The highest BCUT2D eigenvalue weighted by Crippen LogP contribution is 2.36. The van der Waals surface area contributed by atoms with Crippen LogP contribution < -0.4 is 9.64 Å². The van der Waals surface area contributed by atoms with Crippen LogP contribution in [0.3, 0.4) is 0 Å². The zero-order valence-electron chi connectivity index (χ0n) is 23.9. The number of nitrogens with zero attached hydrogens (tertiary/aromatic N) is 6. The lowest BCUT2D eigenvalue weighted by Crippen LogP contribution is -2.35. The minimum atomic E-state index is -1.13. The topological polar surface area (TPSA) is 123 Å². The summed E-state index contributed by atoms with van der Waals surface area (Å²) in [7, 11) is 1.62. The Morgan fingerprint density at radius 2 is 1.86 bits per heavy atom. The number of methoxy groups -OCH3 is 1. The van der Waals surface area contributed by atoms with Gasteiger partial charge in [0.1, 0.15) is 12.3 Å². The zero-order chi connectivity index (χ0) is 30.5. The van der Waals surface area contributed by atoms with Gasteiger partial charge in [-0.05, 0) is 72.0 Å². The number of carboxylic acid groups (broad SMARTS) is 1. The second-order valence-corrected chi connectivity index (χ2v) is 11.2. The Balaban J connectivity index is 1.16. The van der Waals surface area contributed by atoms with E-state index in [0.717, 1.165) is 22.0 Å². The van der Waals surface area contributed by atoms with Gasteiger partial charge in [0, 0.05) is 33.7 Å². The van der Waals surface area contributed by atoms with Gasteiger partial charge in [0.2, 0.25) is 5.82 Å². The lowest BCUT2D eigenvalue weighted by molar-refractivity contribution is -0.135. The lowest BCUT2D eigenvalue weighted by atomic mass is 9.83. The summed E-state index contributed by atoms with van der Waals surface area (Å²) in [5.41, 5.74) is 4.19. The van der Waals surface area contributed by atoms with E-state index in [0.29, 0.717) is 40.7 Å². The van der Waals surface area contributed by atoms with E-state index in [-0.39, 0.29) is 0 Å². The van der Waals surface area contributed by atoms with Crippen LogP contribution in [0.25, 0.3) is 11.4 Å². The van der Waals surface area contributed by atoms with Crippen LogP contribution in [0, 0.1) is 11.8 Å². The average Bonchev–Trinajstić information content (AvgIpc) is 3.68. The van der Waals surface area contributed by atoms with Gasteiger partial charge in [0.05, 0.1) is 19.3 Å². The number of ether oxygens (including phenoxy) is 1. The van der Waals surface area contributed by atoms with Crippen molar-refractivity contribution in [2.75, 3.05) is 18.6 Å². The number of thiazole rings is 1. The maximum Gasteiger partial charge on any atom is 0.323 e. The summed E-state index contributed by atoms with van der Waals surface area (Å²) in [4.78, 5) is 32.6. The molecule has 1 aliphatic carbocycles. The smallest absolute Gasteiger partial charge is 0.323 e. The summed E-state index contributed by atoms with van der Waals surface area (Å²) >= 11 is 1.52. The van der Waals surface area contributed by atoms with Crippen molar-refractivity contribution in [2.24, 2.45) is 0 Å². The first kappa shape index (κ1) is 28.8. The molecule has 10 nitrogen and oxygen atoms in total. The van der Waals surface area contributed by atoms with Crippen molar-refractivity contribution in [1.29, 1.82) is 0 Å². The number of amides is 1. The van der Waals surface area contributed by atoms with Crippen molar-refractivity contribution in [2.45, 2.75) is 31.7 Å². The summed E-state index contributed by atoms with van der Waals surface area (Å²) in [6, 6.07) is 21.3. The van der Waals surface area contributed by atoms with Gasteiger partial charge in [-0.3, -0.25) is 14.5 Å². The maximum absolute atomic E-state index is 13.5. The van der Waals surface area contributed by atoms with Gasteiger partial charge < -0.3 is 9.84 Å². The Bertz CT molecular complexity index is 1850. The standard InChI is InChI=1S/C33H28N6O4S/c1-43-28-15-8-23(9-16-28)19-39-36-32(35-37-39)25-11-13-26(14-12-25)33(42)38(20-31(40)41)27-7-2-4-22(18-27)10-17-30-34-29(21-44-30)24-5-3-6-24/h2,4,7-9,11-16,18,21,24H,3,5-6,19-20H2,1H3,(H,40,41). The SMILES string of the molecule is COc1ccc(Cn2nnc(-c3ccc(C(=O)N(CC(=O)O)c4cccc(C#Cc5nc(C6CCC6)cs5)c4)cc3)n2)cc1. The molecule has 11 heteroatoms. The Morgan fingerprint density at radius 3 is 2.57 bits per heavy atom. The molecule has 0 atom stereocenters. The predicted octanol–water partition coefficient (Wildman–Crippen LogP) is 5.25. The third-order valence-corrected chi connectivity index (χ3v) is 8.16. The molecule has 1 fully saturated rings. The van der Waals surface area contributed by atoms with Crippen molar-refractivity contribution in [1.82, 2.24) is 25.2 Å². The van der Waals surface area contributed by atoms with Gasteiger partial charge in [0.25, 0.3) is 5.91 Å². The van der Waals surface area contributed by atoms with Gasteiger partial charge in [-0.2, -0.15) is 4.80 Å².